The van der Waals surface area contributed by atoms with E-state index in [-0.39, 0.29) is 12.6 Å². The van der Waals surface area contributed by atoms with Crippen LogP contribution < -0.4 is 10.1 Å². The summed E-state index contributed by atoms with van der Waals surface area (Å²) >= 11 is 0. The maximum atomic E-state index is 11.8. The first-order valence-electron chi connectivity index (χ1n) is 6.47. The quantitative estimate of drug-likeness (QED) is 0.745. The summed E-state index contributed by atoms with van der Waals surface area (Å²) in [5.74, 6) is 0.741. The maximum absolute atomic E-state index is 11.8. The molecule has 3 nitrogen and oxygen atoms in total. The molecule has 20 heavy (non-hydrogen) atoms. The zero-order chi connectivity index (χ0) is 15.0. The lowest BCUT2D eigenvalue weighted by Crippen LogP contribution is -2.18. The second kappa shape index (κ2) is 8.11. The summed E-state index contributed by atoms with van der Waals surface area (Å²) in [5, 5.41) is 3.12. The van der Waals surface area contributed by atoms with Crippen LogP contribution in [-0.2, 0) is 4.74 Å². The van der Waals surface area contributed by atoms with Crippen LogP contribution in [0.2, 0.25) is 0 Å². The van der Waals surface area contributed by atoms with Crippen molar-refractivity contribution in [3.05, 3.63) is 29.8 Å². The lowest BCUT2D eigenvalue weighted by molar-refractivity contribution is -0.174. The molecule has 1 aromatic rings. The SMILES string of the molecule is CNC(C)c1ccccc1OCCCOCC(F)(F)F. The number of halogens is 3. The molecule has 6 heteroatoms. The molecule has 0 radical (unpaired) electrons. The van der Waals surface area contributed by atoms with Gasteiger partial charge in [0.25, 0.3) is 0 Å². The minimum Gasteiger partial charge on any atom is -0.493 e. The Bertz CT molecular complexity index is 396. The predicted octanol–water partition coefficient (Wildman–Crippen LogP) is 3.31. The van der Waals surface area contributed by atoms with Crippen LogP contribution in [0.1, 0.15) is 24.9 Å². The van der Waals surface area contributed by atoms with Gasteiger partial charge in [-0.3, -0.25) is 0 Å². The summed E-state index contributed by atoms with van der Waals surface area (Å²) in [6.45, 7) is 1.16. The first-order chi connectivity index (χ1) is 9.44. The summed E-state index contributed by atoms with van der Waals surface area (Å²) in [6, 6.07) is 7.73. The molecule has 1 unspecified atom stereocenters. The first kappa shape index (κ1) is 16.8. The Labute approximate surface area is 117 Å². The van der Waals surface area contributed by atoms with E-state index in [0.717, 1.165) is 11.3 Å². The number of ether oxygens (including phenoxy) is 2. The van der Waals surface area contributed by atoms with Crippen molar-refractivity contribution in [2.75, 3.05) is 26.9 Å². The first-order valence-corrected chi connectivity index (χ1v) is 6.47. The lowest BCUT2D eigenvalue weighted by atomic mass is 10.1. The van der Waals surface area contributed by atoms with E-state index >= 15 is 0 Å². The van der Waals surface area contributed by atoms with E-state index in [2.05, 4.69) is 10.1 Å². The molecule has 0 fully saturated rings. The van der Waals surface area contributed by atoms with Crippen molar-refractivity contribution < 1.29 is 22.6 Å². The van der Waals surface area contributed by atoms with Gasteiger partial charge in [0.15, 0.2) is 0 Å². The van der Waals surface area contributed by atoms with E-state index in [1.165, 1.54) is 0 Å². The van der Waals surface area contributed by atoms with Crippen molar-refractivity contribution in [3.8, 4) is 5.75 Å². The largest absolute Gasteiger partial charge is 0.493 e. The summed E-state index contributed by atoms with van der Waals surface area (Å²) in [4.78, 5) is 0. The number of hydrogen-bond donors (Lipinski definition) is 1. The Hall–Kier alpha value is -1.27. The molecule has 0 saturated carbocycles. The molecule has 0 aliphatic carbocycles. The van der Waals surface area contributed by atoms with E-state index < -0.39 is 12.8 Å². The standard InChI is InChI=1S/C14H20F3NO2/c1-11(18-2)12-6-3-4-7-13(12)20-9-5-8-19-10-14(15,16)17/h3-4,6-7,11,18H,5,8-10H2,1-2H3. The summed E-state index contributed by atoms with van der Waals surface area (Å²) < 4.78 is 45.7. The van der Waals surface area contributed by atoms with Gasteiger partial charge in [-0.1, -0.05) is 18.2 Å². The predicted molar refractivity (Wildman–Crippen MR) is 70.9 cm³/mol. The third-order valence-electron chi connectivity index (χ3n) is 2.77. The van der Waals surface area contributed by atoms with Crippen molar-refractivity contribution in [1.82, 2.24) is 5.32 Å². The van der Waals surface area contributed by atoms with Gasteiger partial charge in [-0.15, -0.1) is 0 Å². The molecule has 1 aromatic carbocycles. The highest BCUT2D eigenvalue weighted by atomic mass is 19.4. The molecular formula is C14H20F3NO2. The monoisotopic (exact) mass is 291 g/mol. The highest BCUT2D eigenvalue weighted by molar-refractivity contribution is 5.35. The number of para-hydroxylation sites is 1. The molecule has 1 atom stereocenters. The molecule has 0 aliphatic rings. The van der Waals surface area contributed by atoms with Crippen LogP contribution in [0.5, 0.6) is 5.75 Å². The minimum atomic E-state index is -4.27. The third kappa shape index (κ3) is 6.25. The van der Waals surface area contributed by atoms with Crippen LogP contribution in [0.15, 0.2) is 24.3 Å². The second-order valence-corrected chi connectivity index (χ2v) is 4.42. The molecule has 0 heterocycles. The zero-order valence-electron chi connectivity index (χ0n) is 11.7. The van der Waals surface area contributed by atoms with Crippen LogP contribution >= 0.6 is 0 Å². The fourth-order valence-corrected chi connectivity index (χ4v) is 1.66. The van der Waals surface area contributed by atoms with E-state index in [0.29, 0.717) is 13.0 Å². The molecule has 0 saturated heterocycles. The third-order valence-corrected chi connectivity index (χ3v) is 2.77. The average Bonchev–Trinajstić information content (AvgIpc) is 2.41. The summed E-state index contributed by atoms with van der Waals surface area (Å²) in [6.07, 6.45) is -3.85. The van der Waals surface area contributed by atoms with Crippen molar-refractivity contribution >= 4 is 0 Å². The second-order valence-electron chi connectivity index (χ2n) is 4.42. The van der Waals surface area contributed by atoms with Crippen LogP contribution in [0.4, 0.5) is 13.2 Å². The Balaban J connectivity index is 2.32. The van der Waals surface area contributed by atoms with E-state index in [4.69, 9.17) is 4.74 Å². The molecule has 114 valence electrons. The van der Waals surface area contributed by atoms with Gasteiger partial charge < -0.3 is 14.8 Å². The molecular weight excluding hydrogens is 271 g/mol. The van der Waals surface area contributed by atoms with Crippen molar-refractivity contribution in [2.24, 2.45) is 0 Å². The van der Waals surface area contributed by atoms with Gasteiger partial charge >= 0.3 is 6.18 Å². The van der Waals surface area contributed by atoms with Crippen LogP contribution in [0, 0.1) is 0 Å². The fourth-order valence-electron chi connectivity index (χ4n) is 1.66. The normalized spacial score (nSPS) is 13.2. The van der Waals surface area contributed by atoms with Gasteiger partial charge in [0.05, 0.1) is 13.2 Å². The van der Waals surface area contributed by atoms with Gasteiger partial charge in [-0.05, 0) is 20.0 Å². The smallest absolute Gasteiger partial charge is 0.411 e. The summed E-state index contributed by atoms with van der Waals surface area (Å²) in [5.41, 5.74) is 1.02. The average molecular weight is 291 g/mol. The van der Waals surface area contributed by atoms with Gasteiger partial charge in [0.1, 0.15) is 12.4 Å². The van der Waals surface area contributed by atoms with Crippen molar-refractivity contribution in [2.45, 2.75) is 25.6 Å². The zero-order valence-corrected chi connectivity index (χ0v) is 11.7. The number of nitrogens with one attached hydrogen (secondary N) is 1. The lowest BCUT2D eigenvalue weighted by Gasteiger charge is -2.16. The maximum Gasteiger partial charge on any atom is 0.411 e. The molecule has 0 amide bonds. The van der Waals surface area contributed by atoms with E-state index in [1.54, 1.807) is 0 Å². The van der Waals surface area contributed by atoms with Crippen molar-refractivity contribution in [1.29, 1.82) is 0 Å². The number of alkyl halides is 3. The minimum absolute atomic E-state index is 0.0310. The fraction of sp³-hybridized carbons (Fsp3) is 0.571. The molecule has 0 spiro atoms. The topological polar surface area (TPSA) is 30.5 Å². The number of rotatable bonds is 8. The van der Waals surface area contributed by atoms with Gasteiger partial charge in [0, 0.05) is 18.0 Å². The van der Waals surface area contributed by atoms with Crippen LogP contribution in [0.25, 0.3) is 0 Å². The molecule has 0 aromatic heterocycles. The van der Waals surface area contributed by atoms with E-state index in [9.17, 15) is 13.2 Å². The Morgan fingerprint density at radius 1 is 1.20 bits per heavy atom. The van der Waals surface area contributed by atoms with Gasteiger partial charge in [0.2, 0.25) is 0 Å². The Kier molecular flexibility index (Phi) is 6.81. The van der Waals surface area contributed by atoms with Gasteiger partial charge in [-0.25, -0.2) is 0 Å². The summed E-state index contributed by atoms with van der Waals surface area (Å²) in [7, 11) is 1.85. The Morgan fingerprint density at radius 2 is 1.90 bits per heavy atom. The molecule has 0 aliphatic heterocycles. The molecule has 1 N–H and O–H groups in total. The highest BCUT2D eigenvalue weighted by Gasteiger charge is 2.27. The van der Waals surface area contributed by atoms with Crippen LogP contribution in [0.3, 0.4) is 0 Å². The molecule has 0 bridgehead atoms. The highest BCUT2D eigenvalue weighted by Crippen LogP contribution is 2.24. The van der Waals surface area contributed by atoms with Crippen molar-refractivity contribution in [3.63, 3.8) is 0 Å². The van der Waals surface area contributed by atoms with Crippen LogP contribution in [-0.4, -0.2) is 33.0 Å². The Morgan fingerprint density at radius 3 is 2.55 bits per heavy atom. The van der Waals surface area contributed by atoms with E-state index in [1.807, 2.05) is 38.2 Å². The van der Waals surface area contributed by atoms with Gasteiger partial charge in [-0.2, -0.15) is 13.2 Å². The number of benzene rings is 1. The molecule has 1 rings (SSSR count). The number of hydrogen-bond acceptors (Lipinski definition) is 3.